The molecule has 0 aliphatic heterocycles. The topological polar surface area (TPSA) is 55.2 Å². The second kappa shape index (κ2) is 6.10. The average Bonchev–Trinajstić information content (AvgIpc) is 2.75. The number of hydrogen-bond donors (Lipinski definition) is 1. The summed E-state index contributed by atoms with van der Waals surface area (Å²) in [4.78, 5) is 10.4. The Kier molecular flexibility index (Phi) is 4.47. The largest absolute Gasteiger partial charge is 0.312 e. The van der Waals surface area contributed by atoms with Crippen LogP contribution < -0.4 is 5.32 Å². The first-order valence-electron chi connectivity index (χ1n) is 6.70. The second-order valence-electron chi connectivity index (χ2n) is 5.45. The zero-order chi connectivity index (χ0) is 13.8. The predicted molar refractivity (Wildman–Crippen MR) is 71.3 cm³/mol. The molecule has 0 amide bonds. The molecule has 1 saturated carbocycles. The Hall–Kier alpha value is -1.49. The maximum atomic E-state index is 13.1. The minimum atomic E-state index is -0.464. The molecule has 0 saturated heterocycles. The normalized spacial score (nSPS) is 22.6. The van der Waals surface area contributed by atoms with Gasteiger partial charge < -0.3 is 5.32 Å². The Bertz CT molecular complexity index is 465. The third kappa shape index (κ3) is 3.73. The van der Waals surface area contributed by atoms with E-state index in [1.165, 1.54) is 31.4 Å². The van der Waals surface area contributed by atoms with Crippen LogP contribution in [0.25, 0.3) is 0 Å². The van der Waals surface area contributed by atoms with E-state index in [4.69, 9.17) is 0 Å². The molecule has 1 aromatic rings. The fourth-order valence-corrected chi connectivity index (χ4v) is 2.80. The van der Waals surface area contributed by atoms with Gasteiger partial charge in [0.1, 0.15) is 5.82 Å². The van der Waals surface area contributed by atoms with Crippen molar-refractivity contribution in [3.05, 3.63) is 39.7 Å². The van der Waals surface area contributed by atoms with Gasteiger partial charge in [0.15, 0.2) is 0 Å². The lowest BCUT2D eigenvalue weighted by atomic mass is 10.1. The summed E-state index contributed by atoms with van der Waals surface area (Å²) in [5, 5.41) is 14.1. The first-order chi connectivity index (χ1) is 9.06. The van der Waals surface area contributed by atoms with Gasteiger partial charge in [0.25, 0.3) is 5.69 Å². The summed E-state index contributed by atoms with van der Waals surface area (Å²) in [5.74, 6) is 0.981. The monoisotopic (exact) mass is 266 g/mol. The van der Waals surface area contributed by atoms with E-state index in [1.807, 2.05) is 0 Å². The maximum Gasteiger partial charge on any atom is 0.274 e. The highest BCUT2D eigenvalue weighted by Gasteiger charge is 2.21. The number of benzene rings is 1. The highest BCUT2D eigenvalue weighted by Crippen LogP contribution is 2.29. The molecule has 104 valence electrons. The zero-order valence-electron chi connectivity index (χ0n) is 11.1. The summed E-state index contributed by atoms with van der Waals surface area (Å²) >= 11 is 0. The third-order valence-electron chi connectivity index (χ3n) is 3.79. The van der Waals surface area contributed by atoms with Crippen LogP contribution in [0.2, 0.25) is 0 Å². The molecule has 4 nitrogen and oxygen atoms in total. The molecule has 0 spiro atoms. The Morgan fingerprint density at radius 1 is 1.47 bits per heavy atom. The molecule has 19 heavy (non-hydrogen) atoms. The molecule has 1 fully saturated rings. The minimum absolute atomic E-state index is 0.0197. The standard InChI is InChI=1S/C14H19FN2O2/c1-10-2-3-11(6-10)8-16-9-12-7-13(15)4-5-14(12)17(18)19/h4-5,7,10-11,16H,2-3,6,8-9H2,1H3. The SMILES string of the molecule is CC1CCC(CNCc2cc(F)ccc2[N+](=O)[O-])C1. The molecule has 2 atom stereocenters. The Balaban J connectivity index is 1.91. The van der Waals surface area contributed by atoms with Crippen molar-refractivity contribution in [1.29, 1.82) is 0 Å². The lowest BCUT2D eigenvalue weighted by Gasteiger charge is -2.11. The molecule has 1 aromatic carbocycles. The van der Waals surface area contributed by atoms with Gasteiger partial charge in [-0.15, -0.1) is 0 Å². The van der Waals surface area contributed by atoms with Gasteiger partial charge in [-0.2, -0.15) is 0 Å². The van der Waals surface area contributed by atoms with Crippen LogP contribution in [0.5, 0.6) is 0 Å². The van der Waals surface area contributed by atoms with E-state index in [9.17, 15) is 14.5 Å². The van der Waals surface area contributed by atoms with E-state index in [-0.39, 0.29) is 5.69 Å². The van der Waals surface area contributed by atoms with Crippen molar-refractivity contribution in [3.63, 3.8) is 0 Å². The number of nitro benzene ring substituents is 1. The smallest absolute Gasteiger partial charge is 0.274 e. The van der Waals surface area contributed by atoms with Crippen molar-refractivity contribution in [2.24, 2.45) is 11.8 Å². The lowest BCUT2D eigenvalue weighted by molar-refractivity contribution is -0.385. The molecular formula is C14H19FN2O2. The third-order valence-corrected chi connectivity index (χ3v) is 3.79. The van der Waals surface area contributed by atoms with Crippen LogP contribution in [-0.4, -0.2) is 11.5 Å². The van der Waals surface area contributed by atoms with Crippen molar-refractivity contribution in [2.45, 2.75) is 32.7 Å². The molecule has 0 heterocycles. The number of rotatable bonds is 5. The highest BCUT2D eigenvalue weighted by atomic mass is 19.1. The van der Waals surface area contributed by atoms with E-state index in [0.717, 1.165) is 18.5 Å². The molecule has 1 aliphatic rings. The average molecular weight is 266 g/mol. The van der Waals surface area contributed by atoms with Crippen molar-refractivity contribution in [3.8, 4) is 0 Å². The highest BCUT2D eigenvalue weighted by molar-refractivity contribution is 5.40. The van der Waals surface area contributed by atoms with E-state index < -0.39 is 10.7 Å². The summed E-state index contributed by atoms with van der Waals surface area (Å²) < 4.78 is 13.1. The van der Waals surface area contributed by atoms with Gasteiger partial charge in [-0.3, -0.25) is 10.1 Å². The maximum absolute atomic E-state index is 13.1. The van der Waals surface area contributed by atoms with Gasteiger partial charge in [-0.1, -0.05) is 13.3 Å². The first kappa shape index (κ1) is 13.9. The molecule has 5 heteroatoms. The molecular weight excluding hydrogens is 247 g/mol. The van der Waals surface area contributed by atoms with Crippen LogP contribution in [0, 0.1) is 27.8 Å². The van der Waals surface area contributed by atoms with Crippen LogP contribution in [0.1, 0.15) is 31.7 Å². The summed E-state index contributed by atoms with van der Waals surface area (Å²) in [5.41, 5.74) is 0.393. The Morgan fingerprint density at radius 2 is 2.26 bits per heavy atom. The molecule has 0 radical (unpaired) electrons. The quantitative estimate of drug-likeness (QED) is 0.657. The number of halogens is 1. The number of nitrogens with zero attached hydrogens (tertiary/aromatic N) is 1. The van der Waals surface area contributed by atoms with E-state index in [2.05, 4.69) is 12.2 Å². The van der Waals surface area contributed by atoms with Crippen molar-refractivity contribution < 1.29 is 9.31 Å². The summed E-state index contributed by atoms with van der Waals surface area (Å²) in [6, 6.07) is 3.59. The van der Waals surface area contributed by atoms with E-state index in [0.29, 0.717) is 18.0 Å². The molecule has 2 rings (SSSR count). The zero-order valence-corrected chi connectivity index (χ0v) is 11.1. The summed E-state index contributed by atoms with van der Waals surface area (Å²) in [6.07, 6.45) is 3.67. The lowest BCUT2D eigenvalue weighted by Crippen LogP contribution is -2.21. The first-order valence-corrected chi connectivity index (χ1v) is 6.70. The fourth-order valence-electron chi connectivity index (χ4n) is 2.80. The molecule has 1 N–H and O–H groups in total. The molecule has 1 aliphatic carbocycles. The van der Waals surface area contributed by atoms with Gasteiger partial charge in [0.2, 0.25) is 0 Å². The van der Waals surface area contributed by atoms with Crippen LogP contribution in [0.4, 0.5) is 10.1 Å². The van der Waals surface area contributed by atoms with Gasteiger partial charge in [-0.25, -0.2) is 4.39 Å². The van der Waals surface area contributed by atoms with Crippen LogP contribution in [0.15, 0.2) is 18.2 Å². The van der Waals surface area contributed by atoms with Gasteiger partial charge in [0, 0.05) is 18.2 Å². The molecule has 0 aromatic heterocycles. The molecule has 0 bridgehead atoms. The van der Waals surface area contributed by atoms with Gasteiger partial charge >= 0.3 is 0 Å². The minimum Gasteiger partial charge on any atom is -0.312 e. The number of nitro groups is 1. The second-order valence-corrected chi connectivity index (χ2v) is 5.45. The summed E-state index contributed by atoms with van der Waals surface area (Å²) in [6.45, 7) is 3.44. The number of hydrogen-bond acceptors (Lipinski definition) is 3. The van der Waals surface area contributed by atoms with Crippen LogP contribution >= 0.6 is 0 Å². The van der Waals surface area contributed by atoms with Crippen LogP contribution in [-0.2, 0) is 6.54 Å². The van der Waals surface area contributed by atoms with Gasteiger partial charge in [0.05, 0.1) is 4.92 Å². The van der Waals surface area contributed by atoms with Crippen molar-refractivity contribution in [2.75, 3.05) is 6.54 Å². The van der Waals surface area contributed by atoms with E-state index in [1.54, 1.807) is 0 Å². The van der Waals surface area contributed by atoms with Crippen molar-refractivity contribution >= 4 is 5.69 Å². The predicted octanol–water partition coefficient (Wildman–Crippen LogP) is 3.26. The van der Waals surface area contributed by atoms with Gasteiger partial charge in [-0.05, 0) is 43.4 Å². The fraction of sp³-hybridized carbons (Fsp3) is 0.571. The Morgan fingerprint density at radius 3 is 2.89 bits per heavy atom. The Labute approximate surface area is 112 Å². The van der Waals surface area contributed by atoms with Crippen LogP contribution in [0.3, 0.4) is 0 Å². The van der Waals surface area contributed by atoms with E-state index >= 15 is 0 Å². The van der Waals surface area contributed by atoms with Crippen molar-refractivity contribution in [1.82, 2.24) is 5.32 Å². The number of nitrogens with one attached hydrogen (secondary N) is 1. The summed E-state index contributed by atoms with van der Waals surface area (Å²) in [7, 11) is 0. The molecule has 2 unspecified atom stereocenters.